The first kappa shape index (κ1) is 13.0. The van der Waals surface area contributed by atoms with Crippen LogP contribution in [0.15, 0.2) is 28.9 Å². The number of rotatable bonds is 0. The zero-order valence-electron chi connectivity index (χ0n) is 12.0. The van der Waals surface area contributed by atoms with E-state index in [1.807, 2.05) is 18.3 Å². The summed E-state index contributed by atoms with van der Waals surface area (Å²) in [5.74, 6) is 0.209. The topological polar surface area (TPSA) is 45.8 Å². The number of benzene rings is 1. The van der Waals surface area contributed by atoms with Gasteiger partial charge >= 0.3 is 0 Å². The Bertz CT molecular complexity index is 908. The molecule has 4 rings (SSSR count). The highest BCUT2D eigenvalue weighted by molar-refractivity contribution is 9.10. The number of carbonyl (C=O) groups excluding carboxylic acids is 1. The quantitative estimate of drug-likeness (QED) is 0.647. The van der Waals surface area contributed by atoms with Gasteiger partial charge in [0.15, 0.2) is 5.78 Å². The number of ketones is 1. The Morgan fingerprint density at radius 1 is 1.24 bits per heavy atom. The molecule has 0 fully saturated rings. The van der Waals surface area contributed by atoms with Crippen LogP contribution in [0.3, 0.4) is 0 Å². The van der Waals surface area contributed by atoms with Crippen molar-refractivity contribution in [1.29, 1.82) is 0 Å². The van der Waals surface area contributed by atoms with Crippen LogP contribution in [0.2, 0.25) is 0 Å². The van der Waals surface area contributed by atoms with E-state index in [1.165, 1.54) is 0 Å². The van der Waals surface area contributed by atoms with Gasteiger partial charge < -0.3 is 4.98 Å². The average molecular weight is 343 g/mol. The van der Waals surface area contributed by atoms with E-state index in [1.54, 1.807) is 0 Å². The van der Waals surface area contributed by atoms with Crippen molar-refractivity contribution in [2.45, 2.75) is 26.7 Å². The maximum Gasteiger partial charge on any atom is 0.165 e. The number of halogens is 1. The Kier molecular flexibility index (Phi) is 2.58. The summed E-state index contributed by atoms with van der Waals surface area (Å²) in [6.45, 7) is 4.26. The second-order valence-electron chi connectivity index (χ2n) is 6.62. The van der Waals surface area contributed by atoms with Gasteiger partial charge in [-0.3, -0.25) is 9.78 Å². The maximum absolute atomic E-state index is 12.7. The number of aromatic amines is 1. The van der Waals surface area contributed by atoms with Crippen LogP contribution in [-0.2, 0) is 6.42 Å². The SMILES string of the molecule is CC1(C)CC(=O)c2c(ncc3[nH]c4ccc(Br)cc4c23)C1. The number of H-pyrrole nitrogens is 1. The summed E-state index contributed by atoms with van der Waals surface area (Å²) < 4.78 is 1.02. The van der Waals surface area contributed by atoms with Crippen LogP contribution in [0.25, 0.3) is 21.8 Å². The van der Waals surface area contributed by atoms with Crippen molar-refractivity contribution in [3.05, 3.63) is 40.1 Å². The predicted octanol–water partition coefficient (Wildman–Crippen LogP) is 4.63. The minimum Gasteiger partial charge on any atom is -0.353 e. The molecule has 3 nitrogen and oxygen atoms in total. The molecule has 1 aliphatic carbocycles. The Morgan fingerprint density at radius 3 is 2.86 bits per heavy atom. The zero-order valence-corrected chi connectivity index (χ0v) is 13.5. The fourth-order valence-corrected chi connectivity index (χ4v) is 3.74. The highest BCUT2D eigenvalue weighted by Crippen LogP contribution is 2.39. The lowest BCUT2D eigenvalue weighted by Crippen LogP contribution is -2.27. The van der Waals surface area contributed by atoms with Gasteiger partial charge in [0.1, 0.15) is 0 Å². The maximum atomic E-state index is 12.7. The molecule has 0 radical (unpaired) electrons. The molecule has 0 saturated heterocycles. The standard InChI is InChI=1S/C17H15BrN2O/c1-17(2)6-12-16(14(21)7-17)15-10-5-9(18)3-4-11(10)20-13(15)8-19-12/h3-5,8,20H,6-7H2,1-2H3. The minimum atomic E-state index is -0.00253. The fraction of sp³-hybridized carbons (Fsp3) is 0.294. The molecule has 106 valence electrons. The summed E-state index contributed by atoms with van der Waals surface area (Å²) in [7, 11) is 0. The number of hydrogen-bond donors (Lipinski definition) is 1. The summed E-state index contributed by atoms with van der Waals surface area (Å²) >= 11 is 3.52. The normalized spacial score (nSPS) is 17.4. The number of nitrogens with zero attached hydrogens (tertiary/aromatic N) is 1. The number of hydrogen-bond acceptors (Lipinski definition) is 2. The number of Topliss-reactive ketones (excluding diaryl/α,β-unsaturated/α-hetero) is 1. The summed E-state index contributed by atoms with van der Waals surface area (Å²) in [4.78, 5) is 20.6. The van der Waals surface area contributed by atoms with E-state index in [4.69, 9.17) is 0 Å². The molecule has 0 atom stereocenters. The molecule has 0 unspecified atom stereocenters. The second kappa shape index (κ2) is 4.17. The second-order valence-corrected chi connectivity index (χ2v) is 7.54. The molecule has 4 heteroatoms. The van der Waals surface area contributed by atoms with Crippen molar-refractivity contribution >= 4 is 43.5 Å². The van der Waals surface area contributed by atoms with E-state index in [2.05, 4.69) is 45.8 Å². The lowest BCUT2D eigenvalue weighted by molar-refractivity contribution is 0.0912. The first-order valence-corrected chi connectivity index (χ1v) is 7.86. The molecule has 0 aliphatic heterocycles. The molecule has 0 saturated carbocycles. The van der Waals surface area contributed by atoms with Crippen molar-refractivity contribution < 1.29 is 4.79 Å². The lowest BCUT2D eigenvalue weighted by Gasteiger charge is -2.29. The Hall–Kier alpha value is -1.68. The van der Waals surface area contributed by atoms with Crippen molar-refractivity contribution in [2.75, 3.05) is 0 Å². The van der Waals surface area contributed by atoms with Gasteiger partial charge in [0.05, 0.1) is 17.4 Å². The first-order chi connectivity index (χ1) is 9.94. The highest BCUT2D eigenvalue weighted by atomic mass is 79.9. The van der Waals surface area contributed by atoms with E-state index >= 15 is 0 Å². The summed E-state index contributed by atoms with van der Waals surface area (Å²) in [6, 6.07) is 6.10. The van der Waals surface area contributed by atoms with Crippen molar-refractivity contribution in [3.63, 3.8) is 0 Å². The van der Waals surface area contributed by atoms with Gasteiger partial charge in [0, 0.05) is 32.7 Å². The fourth-order valence-electron chi connectivity index (χ4n) is 3.38. The predicted molar refractivity (Wildman–Crippen MR) is 87.7 cm³/mol. The van der Waals surface area contributed by atoms with Crippen LogP contribution < -0.4 is 0 Å². The van der Waals surface area contributed by atoms with E-state index in [0.717, 1.165) is 44.0 Å². The number of carbonyl (C=O) groups is 1. The van der Waals surface area contributed by atoms with Gasteiger partial charge in [-0.2, -0.15) is 0 Å². The van der Waals surface area contributed by atoms with E-state index < -0.39 is 0 Å². The van der Waals surface area contributed by atoms with Crippen LogP contribution in [-0.4, -0.2) is 15.8 Å². The number of pyridine rings is 1. The summed E-state index contributed by atoms with van der Waals surface area (Å²) in [6.07, 6.45) is 3.29. The lowest BCUT2D eigenvalue weighted by atomic mass is 9.75. The monoisotopic (exact) mass is 342 g/mol. The van der Waals surface area contributed by atoms with Crippen LogP contribution in [0.5, 0.6) is 0 Å². The first-order valence-electron chi connectivity index (χ1n) is 7.07. The van der Waals surface area contributed by atoms with Gasteiger partial charge in [-0.15, -0.1) is 0 Å². The van der Waals surface area contributed by atoms with Crippen LogP contribution in [0.4, 0.5) is 0 Å². The third-order valence-corrected chi connectivity index (χ3v) is 4.73. The number of fused-ring (bicyclic) bond motifs is 5. The molecule has 1 aliphatic rings. The highest BCUT2D eigenvalue weighted by Gasteiger charge is 2.33. The van der Waals surface area contributed by atoms with Gasteiger partial charge in [-0.25, -0.2) is 0 Å². The Balaban J connectivity index is 2.13. The van der Waals surface area contributed by atoms with Crippen molar-refractivity contribution in [1.82, 2.24) is 9.97 Å². The van der Waals surface area contributed by atoms with Gasteiger partial charge in [0.2, 0.25) is 0 Å². The van der Waals surface area contributed by atoms with Crippen LogP contribution in [0.1, 0.15) is 36.3 Å². The minimum absolute atomic E-state index is 0.00253. The third kappa shape index (κ3) is 1.93. The molecule has 0 amide bonds. The summed E-state index contributed by atoms with van der Waals surface area (Å²) in [5.41, 5.74) is 3.73. The largest absolute Gasteiger partial charge is 0.353 e. The number of nitrogens with one attached hydrogen (secondary N) is 1. The van der Waals surface area contributed by atoms with Gasteiger partial charge in [0.25, 0.3) is 0 Å². The van der Waals surface area contributed by atoms with E-state index in [-0.39, 0.29) is 11.2 Å². The molecule has 2 aromatic heterocycles. The van der Waals surface area contributed by atoms with Gasteiger partial charge in [-0.05, 0) is 30.0 Å². The van der Waals surface area contributed by atoms with Crippen molar-refractivity contribution in [2.24, 2.45) is 5.41 Å². The van der Waals surface area contributed by atoms with Crippen molar-refractivity contribution in [3.8, 4) is 0 Å². The molecule has 21 heavy (non-hydrogen) atoms. The molecule has 1 aromatic carbocycles. The molecule has 3 aromatic rings. The molecule has 0 spiro atoms. The zero-order chi connectivity index (χ0) is 14.8. The van der Waals surface area contributed by atoms with Crippen LogP contribution in [0, 0.1) is 5.41 Å². The Labute approximate surface area is 130 Å². The molecule has 0 bridgehead atoms. The smallest absolute Gasteiger partial charge is 0.165 e. The third-order valence-electron chi connectivity index (χ3n) is 4.24. The molecule has 1 N–H and O–H groups in total. The molecule has 2 heterocycles. The molecular formula is C17H15BrN2O. The van der Waals surface area contributed by atoms with E-state index in [9.17, 15) is 4.79 Å². The summed E-state index contributed by atoms with van der Waals surface area (Å²) in [5, 5.41) is 2.11. The van der Waals surface area contributed by atoms with E-state index in [0.29, 0.717) is 6.42 Å². The molecular weight excluding hydrogens is 328 g/mol. The average Bonchev–Trinajstić information content (AvgIpc) is 2.75. The van der Waals surface area contributed by atoms with Gasteiger partial charge in [-0.1, -0.05) is 29.8 Å². The van der Waals surface area contributed by atoms with Crippen LogP contribution >= 0.6 is 15.9 Å². The number of aromatic nitrogens is 2. The Morgan fingerprint density at radius 2 is 2.05 bits per heavy atom.